The van der Waals surface area contributed by atoms with Crippen molar-refractivity contribution in [1.29, 1.82) is 0 Å². The van der Waals surface area contributed by atoms with Crippen molar-refractivity contribution in [2.75, 3.05) is 0 Å². The average Bonchev–Trinajstić information content (AvgIpc) is 2.46. The van der Waals surface area contributed by atoms with Crippen LogP contribution in [0.5, 0.6) is 0 Å². The molecule has 0 fully saturated rings. The van der Waals surface area contributed by atoms with E-state index in [-0.39, 0.29) is 11.3 Å². The van der Waals surface area contributed by atoms with Crippen molar-refractivity contribution in [3.8, 4) is 0 Å². The molecular weight excluding hydrogens is 358 g/mol. The van der Waals surface area contributed by atoms with Crippen LogP contribution in [0, 0.1) is 10.1 Å². The molecule has 0 radical (unpaired) electrons. The van der Waals surface area contributed by atoms with Crippen LogP contribution in [0.15, 0.2) is 51.8 Å². The molecule has 0 atom stereocenters. The predicted molar refractivity (Wildman–Crippen MR) is 83.8 cm³/mol. The third-order valence-electron chi connectivity index (χ3n) is 2.74. The van der Waals surface area contributed by atoms with Gasteiger partial charge in [-0.05, 0) is 29.8 Å². The molecule has 2 aromatic rings. The van der Waals surface area contributed by atoms with Crippen molar-refractivity contribution in [3.63, 3.8) is 0 Å². The fraction of sp³-hybridized carbons (Fsp3) is 0.0714. The molecule has 21 heavy (non-hydrogen) atoms. The van der Waals surface area contributed by atoms with E-state index < -0.39 is 10.9 Å². The number of hydrogen-bond acceptors (Lipinski definition) is 4. The topological polar surface area (TPSA) is 80.4 Å². The Hall–Kier alpha value is -1.86. The number of nitro groups is 1. The maximum Gasteiger partial charge on any atom is 0.335 e. The smallest absolute Gasteiger partial charge is 0.335 e. The Labute approximate surface area is 133 Å². The molecule has 0 bridgehead atoms. The van der Waals surface area contributed by atoms with Crippen molar-refractivity contribution >= 4 is 39.3 Å². The summed E-state index contributed by atoms with van der Waals surface area (Å²) >= 11 is 4.88. The highest BCUT2D eigenvalue weighted by Gasteiger charge is 2.08. The second kappa shape index (κ2) is 6.73. The number of halogens is 1. The van der Waals surface area contributed by atoms with Gasteiger partial charge in [-0.25, -0.2) is 4.79 Å². The normalized spacial score (nSPS) is 10.3. The molecular formula is C14H10BrNO4S. The van der Waals surface area contributed by atoms with E-state index in [2.05, 4.69) is 15.9 Å². The summed E-state index contributed by atoms with van der Waals surface area (Å²) in [6.45, 7) is 0. The minimum Gasteiger partial charge on any atom is -0.478 e. The lowest BCUT2D eigenvalue weighted by atomic mass is 10.1. The van der Waals surface area contributed by atoms with Crippen molar-refractivity contribution in [2.45, 2.75) is 10.6 Å². The molecule has 0 heterocycles. The summed E-state index contributed by atoms with van der Waals surface area (Å²) in [6.07, 6.45) is 0. The van der Waals surface area contributed by atoms with Crippen molar-refractivity contribution < 1.29 is 14.8 Å². The fourth-order valence-corrected chi connectivity index (χ4v) is 3.23. The van der Waals surface area contributed by atoms with E-state index in [0.29, 0.717) is 5.75 Å². The van der Waals surface area contributed by atoms with Gasteiger partial charge < -0.3 is 5.11 Å². The van der Waals surface area contributed by atoms with Crippen LogP contribution >= 0.6 is 27.7 Å². The van der Waals surface area contributed by atoms with E-state index >= 15 is 0 Å². The van der Waals surface area contributed by atoms with Gasteiger partial charge in [-0.15, -0.1) is 11.8 Å². The van der Waals surface area contributed by atoms with Crippen molar-refractivity contribution in [1.82, 2.24) is 0 Å². The monoisotopic (exact) mass is 367 g/mol. The van der Waals surface area contributed by atoms with Gasteiger partial charge in [0.1, 0.15) is 0 Å². The fourth-order valence-electron chi connectivity index (χ4n) is 1.62. The van der Waals surface area contributed by atoms with E-state index in [1.54, 1.807) is 30.3 Å². The molecule has 5 nitrogen and oxygen atoms in total. The zero-order valence-electron chi connectivity index (χ0n) is 10.7. The summed E-state index contributed by atoms with van der Waals surface area (Å²) in [4.78, 5) is 21.9. The van der Waals surface area contributed by atoms with Gasteiger partial charge >= 0.3 is 5.97 Å². The van der Waals surface area contributed by atoms with Crippen molar-refractivity contribution in [3.05, 3.63) is 68.2 Å². The molecule has 0 saturated heterocycles. The molecule has 0 saturated carbocycles. The molecule has 2 rings (SSSR count). The number of non-ortho nitro benzene ring substituents is 1. The average molecular weight is 368 g/mol. The molecule has 1 N–H and O–H groups in total. The van der Waals surface area contributed by atoms with Gasteiger partial charge in [0.05, 0.1) is 10.5 Å². The first-order valence-corrected chi connectivity index (χ1v) is 7.64. The van der Waals surface area contributed by atoms with Crippen LogP contribution in [-0.2, 0) is 5.75 Å². The number of nitro benzene ring substituents is 1. The highest BCUT2D eigenvalue weighted by molar-refractivity contribution is 9.10. The largest absolute Gasteiger partial charge is 0.478 e. The molecule has 0 aromatic heterocycles. The van der Waals surface area contributed by atoms with Crippen molar-refractivity contribution in [2.24, 2.45) is 0 Å². The van der Waals surface area contributed by atoms with Gasteiger partial charge in [0.2, 0.25) is 0 Å². The number of hydrogen-bond donors (Lipinski definition) is 1. The second-order valence-electron chi connectivity index (χ2n) is 4.15. The van der Waals surface area contributed by atoms with E-state index in [4.69, 9.17) is 5.11 Å². The molecule has 2 aromatic carbocycles. The standard InChI is InChI=1S/C14H10BrNO4S/c15-13-7-9(14(17)18)1-2-10(13)8-21-12-5-3-11(4-6-12)16(19)20/h1-7H,8H2,(H,17,18). The van der Waals surface area contributed by atoms with Crippen LogP contribution in [-0.4, -0.2) is 16.0 Å². The molecule has 0 amide bonds. The third kappa shape index (κ3) is 4.05. The number of thioether (sulfide) groups is 1. The minimum atomic E-state index is -0.967. The lowest BCUT2D eigenvalue weighted by molar-refractivity contribution is -0.384. The first kappa shape index (κ1) is 15.5. The Morgan fingerprint density at radius 3 is 2.43 bits per heavy atom. The van der Waals surface area contributed by atoms with E-state index in [0.717, 1.165) is 14.9 Å². The lowest BCUT2D eigenvalue weighted by Gasteiger charge is -2.06. The third-order valence-corrected chi connectivity index (χ3v) is 4.54. The maximum atomic E-state index is 10.8. The summed E-state index contributed by atoms with van der Waals surface area (Å²) in [5, 5.41) is 19.5. The summed E-state index contributed by atoms with van der Waals surface area (Å²) in [7, 11) is 0. The number of rotatable bonds is 5. The lowest BCUT2D eigenvalue weighted by Crippen LogP contribution is -1.96. The summed E-state index contributed by atoms with van der Waals surface area (Å²) in [5.41, 5.74) is 1.25. The Bertz CT molecular complexity index is 688. The number of carboxylic acid groups (broad SMARTS) is 1. The molecule has 0 aliphatic carbocycles. The minimum absolute atomic E-state index is 0.0614. The Kier molecular flexibility index (Phi) is 4.98. The predicted octanol–water partition coefficient (Wildman–Crippen LogP) is 4.35. The van der Waals surface area contributed by atoms with Crippen LogP contribution < -0.4 is 0 Å². The van der Waals surface area contributed by atoms with E-state index in [1.807, 2.05) is 0 Å². The highest BCUT2D eigenvalue weighted by atomic mass is 79.9. The zero-order valence-corrected chi connectivity index (χ0v) is 13.1. The van der Waals surface area contributed by atoms with Crippen LogP contribution in [0.25, 0.3) is 0 Å². The zero-order chi connectivity index (χ0) is 15.4. The Balaban J connectivity index is 2.06. The summed E-state index contributed by atoms with van der Waals surface area (Å²) < 4.78 is 0.733. The molecule has 0 aliphatic heterocycles. The van der Waals surface area contributed by atoms with Crippen LogP contribution in [0.4, 0.5) is 5.69 Å². The Morgan fingerprint density at radius 2 is 1.90 bits per heavy atom. The first-order chi connectivity index (χ1) is 9.97. The van der Waals surface area contributed by atoms with E-state index in [9.17, 15) is 14.9 Å². The summed E-state index contributed by atoms with van der Waals surface area (Å²) in [6, 6.07) is 11.2. The first-order valence-electron chi connectivity index (χ1n) is 5.86. The van der Waals surface area contributed by atoms with Gasteiger partial charge in [-0.2, -0.15) is 0 Å². The quantitative estimate of drug-likeness (QED) is 0.482. The molecule has 108 valence electrons. The molecule has 0 unspecified atom stereocenters. The summed E-state index contributed by atoms with van der Waals surface area (Å²) in [5.74, 6) is -0.330. The van der Waals surface area contributed by atoms with Gasteiger partial charge in [-0.1, -0.05) is 22.0 Å². The Morgan fingerprint density at radius 1 is 1.24 bits per heavy atom. The van der Waals surface area contributed by atoms with Gasteiger partial charge in [0.15, 0.2) is 0 Å². The second-order valence-corrected chi connectivity index (χ2v) is 6.05. The molecule has 0 aliphatic rings. The molecule has 7 heteroatoms. The SMILES string of the molecule is O=C(O)c1ccc(CSc2ccc([N+](=O)[O-])cc2)c(Br)c1. The number of carbonyl (C=O) groups is 1. The maximum absolute atomic E-state index is 10.8. The number of carboxylic acids is 1. The number of benzene rings is 2. The van der Waals surface area contributed by atoms with E-state index in [1.165, 1.54) is 23.9 Å². The van der Waals surface area contributed by atoms with Crippen LogP contribution in [0.3, 0.4) is 0 Å². The highest BCUT2D eigenvalue weighted by Crippen LogP contribution is 2.28. The molecule has 0 spiro atoms. The number of nitrogens with zero attached hydrogens (tertiary/aromatic N) is 1. The van der Waals surface area contributed by atoms with Crippen LogP contribution in [0.1, 0.15) is 15.9 Å². The van der Waals surface area contributed by atoms with Gasteiger partial charge in [-0.3, -0.25) is 10.1 Å². The number of aromatic carboxylic acids is 1. The van der Waals surface area contributed by atoms with Gasteiger partial charge in [0.25, 0.3) is 5.69 Å². The van der Waals surface area contributed by atoms with Crippen LogP contribution in [0.2, 0.25) is 0 Å². The van der Waals surface area contributed by atoms with Gasteiger partial charge in [0, 0.05) is 27.3 Å².